The molecule has 2 aromatic carbocycles. The van der Waals surface area contributed by atoms with E-state index in [1.165, 1.54) is 0 Å². The van der Waals surface area contributed by atoms with Crippen LogP contribution in [-0.4, -0.2) is 15.4 Å². The first kappa shape index (κ1) is 14.8. The molecule has 1 aliphatic heterocycles. The first-order valence-corrected chi connectivity index (χ1v) is 7.66. The molecule has 0 fully saturated rings. The lowest BCUT2D eigenvalue weighted by Crippen LogP contribution is -2.16. The van der Waals surface area contributed by atoms with Crippen molar-refractivity contribution in [2.45, 2.75) is 0 Å². The van der Waals surface area contributed by atoms with Gasteiger partial charge in [0, 0.05) is 18.2 Å². The Kier molecular flexibility index (Phi) is 3.22. The van der Waals surface area contributed by atoms with Gasteiger partial charge in [0.25, 0.3) is 5.56 Å². The molecule has 2 N–H and O–H groups in total. The Morgan fingerprint density at radius 1 is 1.12 bits per heavy atom. The van der Waals surface area contributed by atoms with E-state index in [1.807, 2.05) is 36.4 Å². The van der Waals surface area contributed by atoms with E-state index >= 15 is 0 Å². The Balaban J connectivity index is 2.08. The molecule has 2 heterocycles. The fourth-order valence-electron chi connectivity index (χ4n) is 3.07. The topological polar surface area (TPSA) is 97.1 Å². The van der Waals surface area contributed by atoms with Crippen molar-refractivity contribution >= 4 is 28.0 Å². The number of benzene rings is 2. The zero-order chi connectivity index (χ0) is 17.6. The monoisotopic (exact) mass is 327 g/mol. The summed E-state index contributed by atoms with van der Waals surface area (Å²) in [7, 11) is 1.77. The van der Waals surface area contributed by atoms with E-state index < -0.39 is 0 Å². The summed E-state index contributed by atoms with van der Waals surface area (Å²) < 4.78 is 1.73. The molecule has 0 amide bonds. The minimum Gasteiger partial charge on any atom is -0.383 e. The summed E-state index contributed by atoms with van der Waals surface area (Å²) in [5.74, 6) is 0.624. The molecule has 0 saturated heterocycles. The average molecular weight is 327 g/mol. The number of allylic oxidation sites excluding steroid dienone is 1. The van der Waals surface area contributed by atoms with Crippen LogP contribution in [0.15, 0.2) is 58.3 Å². The second kappa shape index (κ2) is 5.42. The Bertz CT molecular complexity index is 1190. The highest BCUT2D eigenvalue weighted by Gasteiger charge is 2.24. The van der Waals surface area contributed by atoms with E-state index in [0.717, 1.165) is 11.1 Å². The van der Waals surface area contributed by atoms with Crippen molar-refractivity contribution in [2.24, 2.45) is 17.8 Å². The molecule has 25 heavy (non-hydrogen) atoms. The molecule has 0 spiro atoms. The lowest BCUT2D eigenvalue weighted by Gasteiger charge is -2.11. The van der Waals surface area contributed by atoms with E-state index in [0.29, 0.717) is 22.4 Å². The predicted molar refractivity (Wildman–Crippen MR) is 96.6 cm³/mol. The number of hydrogen-bond donors (Lipinski definition) is 1. The van der Waals surface area contributed by atoms with E-state index in [9.17, 15) is 10.1 Å². The molecular weight excluding hydrogens is 314 g/mol. The van der Waals surface area contributed by atoms with Crippen LogP contribution in [0.3, 0.4) is 0 Å². The van der Waals surface area contributed by atoms with Crippen LogP contribution in [0.4, 0.5) is 0 Å². The van der Waals surface area contributed by atoms with Crippen LogP contribution >= 0.6 is 0 Å². The van der Waals surface area contributed by atoms with Crippen molar-refractivity contribution in [2.75, 3.05) is 0 Å². The van der Waals surface area contributed by atoms with Gasteiger partial charge in [-0.2, -0.15) is 10.2 Å². The van der Waals surface area contributed by atoms with Crippen LogP contribution in [0.5, 0.6) is 0 Å². The average Bonchev–Trinajstić information content (AvgIpc) is 2.97. The van der Waals surface area contributed by atoms with Crippen molar-refractivity contribution < 1.29 is 0 Å². The van der Waals surface area contributed by atoms with Crippen LogP contribution in [0.2, 0.25) is 0 Å². The minimum absolute atomic E-state index is 0.221. The van der Waals surface area contributed by atoms with Crippen molar-refractivity contribution in [3.05, 3.63) is 75.8 Å². The van der Waals surface area contributed by atoms with Gasteiger partial charge in [0.2, 0.25) is 0 Å². The zero-order valence-electron chi connectivity index (χ0n) is 13.4. The summed E-state index contributed by atoms with van der Waals surface area (Å²) >= 11 is 0. The number of rotatable bonds is 1. The summed E-state index contributed by atoms with van der Waals surface area (Å²) in [6.07, 6.45) is 0. The van der Waals surface area contributed by atoms with Crippen molar-refractivity contribution in [1.82, 2.24) is 9.55 Å². The predicted octanol–water partition coefficient (Wildman–Crippen LogP) is 2.04. The van der Waals surface area contributed by atoms with Crippen molar-refractivity contribution in [3.63, 3.8) is 0 Å². The second-order valence-electron chi connectivity index (χ2n) is 5.69. The number of nitrogens with two attached hydrogens (primary N) is 1. The molecule has 120 valence electrons. The van der Waals surface area contributed by atoms with Gasteiger partial charge in [-0.05, 0) is 12.1 Å². The van der Waals surface area contributed by atoms with Gasteiger partial charge in [-0.3, -0.25) is 4.79 Å². The second-order valence-corrected chi connectivity index (χ2v) is 5.69. The Labute approximate surface area is 143 Å². The molecule has 0 atom stereocenters. The number of nitriles is 1. The molecule has 1 aromatic heterocycles. The smallest absolute Gasteiger partial charge is 0.281 e. The quantitative estimate of drug-likeness (QED) is 0.692. The summed E-state index contributed by atoms with van der Waals surface area (Å²) in [5.41, 5.74) is 8.51. The maximum absolute atomic E-state index is 12.4. The van der Waals surface area contributed by atoms with Gasteiger partial charge in [0.15, 0.2) is 5.82 Å². The number of hydrogen-bond acceptors (Lipinski definition) is 5. The summed E-state index contributed by atoms with van der Waals surface area (Å²) in [5, 5.41) is 10.3. The molecule has 0 saturated carbocycles. The third-order valence-corrected chi connectivity index (χ3v) is 4.28. The van der Waals surface area contributed by atoms with Crippen molar-refractivity contribution in [3.8, 4) is 6.07 Å². The standard InChI is InChI=1S/C19H13N5O/c1-24-15-9-5-4-8-13(15)19(25)23-18(24)14(10-20)16-11-6-2-3-7-12(11)17(21)22-16/h2-9H,1H3,(H2,21,22). The number of aromatic nitrogens is 2. The van der Waals surface area contributed by atoms with Gasteiger partial charge in [0.1, 0.15) is 17.5 Å². The van der Waals surface area contributed by atoms with E-state index in [2.05, 4.69) is 16.0 Å². The van der Waals surface area contributed by atoms with Gasteiger partial charge in [-0.1, -0.05) is 36.4 Å². The molecule has 6 nitrogen and oxygen atoms in total. The molecule has 0 aliphatic carbocycles. The number of aryl methyl sites for hydroxylation is 1. The first-order chi connectivity index (χ1) is 12.1. The van der Waals surface area contributed by atoms with Crippen LogP contribution in [0.1, 0.15) is 17.0 Å². The van der Waals surface area contributed by atoms with Gasteiger partial charge >= 0.3 is 0 Å². The van der Waals surface area contributed by atoms with Crippen molar-refractivity contribution in [1.29, 1.82) is 5.26 Å². The number of nitrogens with zero attached hydrogens (tertiary/aromatic N) is 4. The van der Waals surface area contributed by atoms with Crippen LogP contribution < -0.4 is 11.3 Å². The molecule has 3 aromatic rings. The fraction of sp³-hybridized carbons (Fsp3) is 0.0526. The lowest BCUT2D eigenvalue weighted by atomic mass is 10.0. The molecule has 0 radical (unpaired) electrons. The third-order valence-electron chi connectivity index (χ3n) is 4.28. The molecule has 4 rings (SSSR count). The lowest BCUT2D eigenvalue weighted by molar-refractivity contribution is 0.877. The SMILES string of the molecule is Cn1c(C(C#N)=C2N=C(N)c3ccccc32)nc(=O)c2ccccc21. The van der Waals surface area contributed by atoms with Crippen LogP contribution in [-0.2, 0) is 7.05 Å². The summed E-state index contributed by atoms with van der Waals surface area (Å²) in [6.45, 7) is 0. The Hall–Kier alpha value is -3.72. The highest BCUT2D eigenvalue weighted by molar-refractivity contribution is 6.14. The molecule has 0 bridgehead atoms. The maximum atomic E-state index is 12.4. The van der Waals surface area contributed by atoms with Crippen LogP contribution in [0, 0.1) is 11.3 Å². The number of amidine groups is 1. The van der Waals surface area contributed by atoms with E-state index in [4.69, 9.17) is 5.73 Å². The third kappa shape index (κ3) is 2.14. The number of para-hydroxylation sites is 1. The van der Waals surface area contributed by atoms with Gasteiger partial charge < -0.3 is 10.3 Å². The maximum Gasteiger partial charge on any atom is 0.281 e. The van der Waals surface area contributed by atoms with Gasteiger partial charge in [-0.15, -0.1) is 0 Å². The van der Waals surface area contributed by atoms with Gasteiger partial charge in [-0.25, -0.2) is 4.99 Å². The van der Waals surface area contributed by atoms with Gasteiger partial charge in [0.05, 0.1) is 16.6 Å². The molecular formula is C19H13N5O. The highest BCUT2D eigenvalue weighted by Crippen LogP contribution is 2.33. The molecule has 0 unspecified atom stereocenters. The highest BCUT2D eigenvalue weighted by atomic mass is 16.1. The minimum atomic E-state index is -0.375. The Morgan fingerprint density at radius 3 is 2.56 bits per heavy atom. The van der Waals surface area contributed by atoms with E-state index in [-0.39, 0.29) is 17.0 Å². The number of fused-ring (bicyclic) bond motifs is 2. The number of aliphatic imine (C=N–C) groups is 1. The normalized spacial score (nSPS) is 14.8. The summed E-state index contributed by atoms with van der Waals surface area (Å²) in [6, 6.07) is 16.7. The molecule has 6 heteroatoms. The zero-order valence-corrected chi connectivity index (χ0v) is 13.4. The largest absolute Gasteiger partial charge is 0.383 e. The van der Waals surface area contributed by atoms with Crippen LogP contribution in [0.25, 0.3) is 22.2 Å². The van der Waals surface area contributed by atoms with E-state index in [1.54, 1.807) is 23.7 Å². The fourth-order valence-corrected chi connectivity index (χ4v) is 3.07. The summed E-state index contributed by atoms with van der Waals surface area (Å²) in [4.78, 5) is 20.9. The molecule has 1 aliphatic rings. The Morgan fingerprint density at radius 2 is 1.80 bits per heavy atom. The first-order valence-electron chi connectivity index (χ1n) is 7.66.